The van der Waals surface area contributed by atoms with E-state index >= 15 is 0 Å². The van der Waals surface area contributed by atoms with E-state index in [1.807, 2.05) is 67.6 Å². The molecule has 0 saturated heterocycles. The molecule has 2 aliphatic heterocycles. The van der Waals surface area contributed by atoms with Crippen molar-refractivity contribution in [3.05, 3.63) is 170 Å². The number of imide groups is 2. The molecule has 6 aromatic carbocycles. The number of rotatable bonds is 11. The summed E-state index contributed by atoms with van der Waals surface area (Å²) in [4.78, 5) is 79.8. The van der Waals surface area contributed by atoms with E-state index in [0.717, 1.165) is 55.6 Å². The normalized spacial score (nSPS) is 13.8. The molecule has 0 aliphatic carbocycles. The van der Waals surface area contributed by atoms with Gasteiger partial charge in [-0.1, -0.05) is 106 Å². The van der Waals surface area contributed by atoms with Gasteiger partial charge in [0.15, 0.2) is 0 Å². The van der Waals surface area contributed by atoms with E-state index in [1.165, 1.54) is 9.80 Å². The summed E-state index contributed by atoms with van der Waals surface area (Å²) in [5, 5.41) is 0. The number of hydrogen-bond acceptors (Lipinski definition) is 8. The van der Waals surface area contributed by atoms with Crippen LogP contribution in [-0.2, 0) is 0 Å². The van der Waals surface area contributed by atoms with Gasteiger partial charge in [0.25, 0.3) is 23.6 Å². The van der Waals surface area contributed by atoms with Gasteiger partial charge in [0.05, 0.1) is 77.8 Å². The van der Waals surface area contributed by atoms with Crippen molar-refractivity contribution in [3.63, 3.8) is 0 Å². The van der Waals surface area contributed by atoms with Gasteiger partial charge in [-0.2, -0.15) is 0 Å². The molecule has 10 nitrogen and oxygen atoms in total. The Bertz CT molecular complexity index is 3720. The molecule has 0 spiro atoms. The predicted octanol–water partition coefficient (Wildman–Crippen LogP) is 14.4. The molecular weight excluding hydrogens is 881 g/mol. The van der Waals surface area contributed by atoms with Gasteiger partial charge in [-0.05, 0) is 159 Å². The number of carbonyl (C=O) groups excluding carboxylic acids is 4. The minimum Gasteiger partial charge on any atom is -0.268 e. The molecule has 0 bridgehead atoms. The number of anilines is 2. The van der Waals surface area contributed by atoms with Crippen LogP contribution in [0.25, 0.3) is 74.5 Å². The highest BCUT2D eigenvalue weighted by atomic mass is 16.2. The Labute approximate surface area is 413 Å². The Morgan fingerprint density at radius 2 is 0.662 bits per heavy atom. The number of carbonyl (C=O) groups is 4. The third-order valence-electron chi connectivity index (χ3n) is 13.9. The molecule has 2 aromatic heterocycles. The van der Waals surface area contributed by atoms with E-state index < -0.39 is 0 Å². The Kier molecular flexibility index (Phi) is 11.3. The summed E-state index contributed by atoms with van der Waals surface area (Å²) >= 11 is 0. The van der Waals surface area contributed by atoms with Crippen LogP contribution >= 0.6 is 0 Å². The summed E-state index contributed by atoms with van der Waals surface area (Å²) in [5.74, 6) is -1.35. The topological polar surface area (TPSA) is 126 Å². The van der Waals surface area contributed by atoms with Crippen molar-refractivity contribution in [1.82, 2.24) is 19.9 Å². The third kappa shape index (κ3) is 7.56. The van der Waals surface area contributed by atoms with Crippen molar-refractivity contribution in [3.8, 4) is 0 Å². The largest absolute Gasteiger partial charge is 0.268 e. The van der Waals surface area contributed by atoms with E-state index in [1.54, 1.807) is 42.5 Å². The van der Waals surface area contributed by atoms with Crippen molar-refractivity contribution >= 4 is 110 Å². The van der Waals surface area contributed by atoms with Crippen molar-refractivity contribution in [2.24, 2.45) is 0 Å². The Morgan fingerprint density at radius 3 is 0.972 bits per heavy atom. The first kappa shape index (κ1) is 46.5. The van der Waals surface area contributed by atoms with E-state index in [9.17, 15) is 19.2 Å². The van der Waals surface area contributed by atoms with Gasteiger partial charge in [-0.3, -0.25) is 19.2 Å². The highest BCUT2D eigenvalue weighted by molar-refractivity contribution is 6.37. The summed E-state index contributed by atoms with van der Waals surface area (Å²) in [6, 6.07) is 22.6. The van der Waals surface area contributed by atoms with Gasteiger partial charge in [0.2, 0.25) is 0 Å². The van der Waals surface area contributed by atoms with Crippen molar-refractivity contribution < 1.29 is 19.2 Å². The second-order valence-electron chi connectivity index (χ2n) is 19.9. The number of aryl methyl sites for hydroxylation is 1. The van der Waals surface area contributed by atoms with Crippen LogP contribution in [0.2, 0.25) is 0 Å². The Balaban J connectivity index is 0.991. The minimum absolute atomic E-state index is 0.0426. The second kappa shape index (κ2) is 17.3. The lowest BCUT2D eigenvalue weighted by Crippen LogP contribution is -2.32. The number of amides is 4. The summed E-state index contributed by atoms with van der Waals surface area (Å²) in [6.07, 6.45) is 9.36. The fourth-order valence-corrected chi connectivity index (χ4v) is 10.1. The molecule has 0 radical (unpaired) electrons. The van der Waals surface area contributed by atoms with Crippen LogP contribution in [0.15, 0.2) is 92.5 Å². The molecule has 10 heteroatoms. The zero-order valence-corrected chi connectivity index (χ0v) is 41.6. The van der Waals surface area contributed by atoms with Crippen LogP contribution in [0.1, 0.15) is 176 Å². The second-order valence-corrected chi connectivity index (χ2v) is 19.9. The van der Waals surface area contributed by atoms with E-state index in [2.05, 4.69) is 75.1 Å². The molecule has 8 aromatic rings. The maximum atomic E-state index is 14.3. The summed E-state index contributed by atoms with van der Waals surface area (Å²) in [7, 11) is 0. The van der Waals surface area contributed by atoms with Crippen molar-refractivity contribution in [2.75, 3.05) is 9.80 Å². The molecule has 352 valence electrons. The molecule has 2 aliphatic rings. The minimum atomic E-state index is -0.386. The standard InChI is InChI=1S/C61H54N6O4/c1-13-35-19-40(30(4)5)56(41(20-35)31(6)7)66-58(68)44-26-52-53(27-45(44)59(66)69)64-50-24-38(34(12)18-48(50)62-52)16-17-39-25-51-49(23-37(39)15-3)63-54-28-46-47(29-55(54)65-51)61(71)67(60(46)70)57-42(32(8)9)21-36(14-2)22-43(57)33(10)11/h13-33H,1-3H2,4-12H3/b17-16-. The summed E-state index contributed by atoms with van der Waals surface area (Å²) in [6.45, 7) is 30.5. The van der Waals surface area contributed by atoms with E-state index in [0.29, 0.717) is 77.8 Å². The monoisotopic (exact) mass is 934 g/mol. The average Bonchev–Trinajstić information content (AvgIpc) is 3.72. The molecule has 0 fully saturated rings. The lowest BCUT2D eigenvalue weighted by molar-refractivity contribution is 0.0909. The number of nitrogens with zero attached hydrogens (tertiary/aromatic N) is 6. The van der Waals surface area contributed by atoms with Gasteiger partial charge in [-0.15, -0.1) is 0 Å². The van der Waals surface area contributed by atoms with E-state index in [-0.39, 0.29) is 47.3 Å². The van der Waals surface area contributed by atoms with Crippen molar-refractivity contribution in [2.45, 2.75) is 86.0 Å². The SMILES string of the molecule is C=Cc1cc(C(C)C)c(N2C(=O)c3cc4nc5cc(C)c(/C=C\c6cc7nc8cc9c(cc8nc7cc6C=C)C(=O)N(c6c(C(C)C)cc(C=C)cc6C(C)C)C9=O)cc5nc4cc3C2=O)c(C(C)C)c1. The highest BCUT2D eigenvalue weighted by Gasteiger charge is 2.42. The molecule has 10 rings (SSSR count). The van der Waals surface area contributed by atoms with Crippen LogP contribution in [-0.4, -0.2) is 43.6 Å². The zero-order valence-electron chi connectivity index (χ0n) is 41.6. The molecule has 4 amide bonds. The van der Waals surface area contributed by atoms with Crippen LogP contribution in [0.3, 0.4) is 0 Å². The molecule has 71 heavy (non-hydrogen) atoms. The molecule has 4 heterocycles. The maximum Gasteiger partial charge on any atom is 0.266 e. The first-order valence-corrected chi connectivity index (χ1v) is 24.2. The van der Waals surface area contributed by atoms with Gasteiger partial charge in [0, 0.05) is 0 Å². The van der Waals surface area contributed by atoms with Crippen LogP contribution in [0.4, 0.5) is 11.4 Å². The van der Waals surface area contributed by atoms with Crippen LogP contribution < -0.4 is 9.80 Å². The lowest BCUT2D eigenvalue weighted by atomic mass is 9.89. The maximum absolute atomic E-state index is 14.3. The van der Waals surface area contributed by atoms with E-state index in [4.69, 9.17) is 19.9 Å². The van der Waals surface area contributed by atoms with Gasteiger partial charge in [0.1, 0.15) is 0 Å². The highest BCUT2D eigenvalue weighted by Crippen LogP contribution is 2.43. The fraction of sp³-hybridized carbons (Fsp3) is 0.213. The number of fused-ring (bicyclic) bond motifs is 6. The Morgan fingerprint density at radius 1 is 0.380 bits per heavy atom. The number of hydrogen-bond donors (Lipinski definition) is 0. The molecule has 0 saturated carbocycles. The van der Waals surface area contributed by atoms with Crippen LogP contribution in [0.5, 0.6) is 0 Å². The molecule has 0 atom stereocenters. The molecule has 0 N–H and O–H groups in total. The van der Waals surface area contributed by atoms with Gasteiger partial charge < -0.3 is 0 Å². The fourth-order valence-electron chi connectivity index (χ4n) is 10.1. The lowest BCUT2D eigenvalue weighted by Gasteiger charge is -2.26. The number of aromatic nitrogens is 4. The molecule has 0 unspecified atom stereocenters. The van der Waals surface area contributed by atoms with Crippen LogP contribution in [0, 0.1) is 6.92 Å². The average molecular weight is 935 g/mol. The zero-order chi connectivity index (χ0) is 50.5. The summed E-state index contributed by atoms with van der Waals surface area (Å²) in [5.41, 5.74) is 16.1. The third-order valence-corrected chi connectivity index (χ3v) is 13.9. The molecular formula is C61H54N6O4. The smallest absolute Gasteiger partial charge is 0.266 e. The van der Waals surface area contributed by atoms with Gasteiger partial charge in [-0.25, -0.2) is 29.7 Å². The first-order valence-electron chi connectivity index (χ1n) is 24.2. The van der Waals surface area contributed by atoms with Crippen molar-refractivity contribution in [1.29, 1.82) is 0 Å². The number of benzene rings is 6. The predicted molar refractivity (Wildman–Crippen MR) is 290 cm³/mol. The first-order chi connectivity index (χ1) is 33.9. The Hall–Kier alpha value is -8.24. The quantitative estimate of drug-likeness (QED) is 0.0713. The summed E-state index contributed by atoms with van der Waals surface area (Å²) < 4.78 is 0. The van der Waals surface area contributed by atoms with Gasteiger partial charge >= 0.3 is 0 Å².